The Bertz CT molecular complexity index is 1240. The van der Waals surface area contributed by atoms with Crippen LogP contribution >= 0.6 is 0 Å². The molecule has 0 fully saturated rings. The van der Waals surface area contributed by atoms with Crippen molar-refractivity contribution in [1.82, 2.24) is 4.90 Å². The predicted molar refractivity (Wildman–Crippen MR) is 135 cm³/mol. The first kappa shape index (κ1) is 23.6. The summed E-state index contributed by atoms with van der Waals surface area (Å²) in [6.07, 6.45) is 2.65. The Morgan fingerprint density at radius 1 is 0.971 bits per heavy atom. The lowest BCUT2D eigenvalue weighted by molar-refractivity contribution is -0.163. The summed E-state index contributed by atoms with van der Waals surface area (Å²) in [5.74, 6) is 0.264. The van der Waals surface area contributed by atoms with Crippen LogP contribution in [0.5, 0.6) is 5.75 Å². The van der Waals surface area contributed by atoms with Crippen molar-refractivity contribution in [3.05, 3.63) is 83.9 Å². The highest BCUT2D eigenvalue weighted by atomic mass is 16.6. The van der Waals surface area contributed by atoms with E-state index in [0.717, 1.165) is 33.9 Å². The van der Waals surface area contributed by atoms with Crippen LogP contribution in [0.2, 0.25) is 0 Å². The van der Waals surface area contributed by atoms with Crippen LogP contribution in [0.3, 0.4) is 0 Å². The lowest BCUT2D eigenvalue weighted by Gasteiger charge is -2.28. The zero-order chi connectivity index (χ0) is 24.3. The van der Waals surface area contributed by atoms with Crippen LogP contribution in [0.25, 0.3) is 16.3 Å². The molecular formula is C29H31NO4. The van der Waals surface area contributed by atoms with Gasteiger partial charge in [0.05, 0.1) is 6.10 Å². The van der Waals surface area contributed by atoms with Crippen molar-refractivity contribution in [3.8, 4) is 5.75 Å². The second kappa shape index (κ2) is 9.72. The quantitative estimate of drug-likeness (QED) is 0.434. The summed E-state index contributed by atoms with van der Waals surface area (Å²) < 4.78 is 11.3. The summed E-state index contributed by atoms with van der Waals surface area (Å²) >= 11 is 0. The molecule has 0 radical (unpaired) electrons. The van der Waals surface area contributed by atoms with Gasteiger partial charge in [-0.2, -0.15) is 0 Å². The van der Waals surface area contributed by atoms with Gasteiger partial charge in [-0.05, 0) is 74.2 Å². The highest BCUT2D eigenvalue weighted by molar-refractivity contribution is 6.07. The first-order chi connectivity index (χ1) is 16.2. The van der Waals surface area contributed by atoms with Gasteiger partial charge in [0, 0.05) is 18.7 Å². The maximum atomic E-state index is 13.2. The molecule has 0 aromatic heterocycles. The molecule has 0 N–H and O–H groups in total. The summed E-state index contributed by atoms with van der Waals surface area (Å²) in [6, 6.07) is 21.6. The molecule has 5 heteroatoms. The van der Waals surface area contributed by atoms with Crippen molar-refractivity contribution < 1.29 is 19.1 Å². The Morgan fingerprint density at radius 3 is 2.44 bits per heavy atom. The fourth-order valence-corrected chi connectivity index (χ4v) is 4.15. The third-order valence-electron chi connectivity index (χ3n) is 5.93. The predicted octanol–water partition coefficient (Wildman–Crippen LogP) is 5.88. The Labute approximate surface area is 201 Å². The number of amides is 1. The highest BCUT2D eigenvalue weighted by Crippen LogP contribution is 2.29. The summed E-state index contributed by atoms with van der Waals surface area (Å²) in [6.45, 7) is 8.25. The molecule has 0 aliphatic carbocycles. The average Bonchev–Trinajstić information content (AvgIpc) is 2.83. The van der Waals surface area contributed by atoms with Gasteiger partial charge in [0.1, 0.15) is 5.75 Å². The number of hydrogen-bond acceptors (Lipinski definition) is 4. The van der Waals surface area contributed by atoms with E-state index in [-0.39, 0.29) is 12.0 Å². The van der Waals surface area contributed by atoms with Crippen LogP contribution in [-0.2, 0) is 9.53 Å². The van der Waals surface area contributed by atoms with Gasteiger partial charge < -0.3 is 14.4 Å². The van der Waals surface area contributed by atoms with E-state index in [4.69, 9.17) is 9.47 Å². The van der Waals surface area contributed by atoms with Crippen LogP contribution in [0, 0.1) is 0 Å². The first-order valence-corrected chi connectivity index (χ1v) is 11.7. The molecule has 0 saturated heterocycles. The molecule has 1 heterocycles. The molecule has 1 amide bonds. The van der Waals surface area contributed by atoms with E-state index >= 15 is 0 Å². The van der Waals surface area contributed by atoms with Gasteiger partial charge >= 0.3 is 5.97 Å². The summed E-state index contributed by atoms with van der Waals surface area (Å²) in [4.78, 5) is 27.5. The number of fused-ring (bicyclic) bond motifs is 1. The molecule has 0 bridgehead atoms. The Kier molecular flexibility index (Phi) is 6.73. The lowest BCUT2D eigenvalue weighted by atomic mass is 9.98. The number of nitrogens with zero attached hydrogens (tertiary/aromatic N) is 1. The van der Waals surface area contributed by atoms with Crippen molar-refractivity contribution in [1.29, 1.82) is 0 Å². The Balaban J connectivity index is 1.47. The normalized spacial score (nSPS) is 14.1. The first-order valence-electron chi connectivity index (χ1n) is 11.7. The van der Waals surface area contributed by atoms with E-state index in [9.17, 15) is 9.59 Å². The molecule has 1 aliphatic rings. The number of hydrogen-bond donors (Lipinski definition) is 0. The second-order valence-corrected chi connectivity index (χ2v) is 9.35. The van der Waals surface area contributed by atoms with Gasteiger partial charge in [-0.25, -0.2) is 4.79 Å². The third-order valence-corrected chi connectivity index (χ3v) is 5.93. The van der Waals surface area contributed by atoms with Gasteiger partial charge in [0.15, 0.2) is 5.60 Å². The van der Waals surface area contributed by atoms with Crippen molar-refractivity contribution in [3.63, 3.8) is 0 Å². The largest absolute Gasteiger partial charge is 0.476 e. The molecule has 5 nitrogen and oxygen atoms in total. The van der Waals surface area contributed by atoms with Crippen molar-refractivity contribution in [2.45, 2.75) is 45.8 Å². The van der Waals surface area contributed by atoms with Crippen molar-refractivity contribution in [2.24, 2.45) is 0 Å². The number of rotatable bonds is 6. The minimum absolute atomic E-state index is 0.0506. The molecular weight excluding hydrogens is 426 g/mol. The Hall–Kier alpha value is -3.60. The third kappa shape index (κ3) is 5.14. The van der Waals surface area contributed by atoms with E-state index in [1.807, 2.05) is 85.5 Å². The molecule has 0 unspecified atom stereocenters. The van der Waals surface area contributed by atoms with Crippen LogP contribution in [0.4, 0.5) is 0 Å². The smallest absolute Gasteiger partial charge is 0.350 e. The minimum Gasteiger partial charge on any atom is -0.476 e. The van der Waals surface area contributed by atoms with Gasteiger partial charge in [0.2, 0.25) is 0 Å². The van der Waals surface area contributed by atoms with Gasteiger partial charge in [-0.3, -0.25) is 4.79 Å². The van der Waals surface area contributed by atoms with Crippen molar-refractivity contribution >= 4 is 28.2 Å². The maximum absolute atomic E-state index is 13.2. The molecule has 34 heavy (non-hydrogen) atoms. The number of benzene rings is 3. The van der Waals surface area contributed by atoms with E-state index in [0.29, 0.717) is 18.8 Å². The molecule has 4 rings (SSSR count). The Morgan fingerprint density at radius 2 is 1.71 bits per heavy atom. The zero-order valence-corrected chi connectivity index (χ0v) is 20.2. The minimum atomic E-state index is -1.09. The monoisotopic (exact) mass is 457 g/mol. The van der Waals surface area contributed by atoms with E-state index in [2.05, 4.69) is 6.08 Å². The molecule has 3 aromatic rings. The van der Waals surface area contributed by atoms with Crippen LogP contribution in [-0.4, -0.2) is 41.6 Å². The maximum Gasteiger partial charge on any atom is 0.350 e. The van der Waals surface area contributed by atoms with Crippen molar-refractivity contribution in [2.75, 3.05) is 13.1 Å². The number of ether oxygens (including phenoxy) is 2. The standard InChI is InChI=1S/C29H31NO4/c1-20(2)33-28(32)29(3,4)34-24-12-7-11-23(19-24)21-15-17-30(18-16-21)27(31)26-14-8-10-22-9-5-6-13-25(22)26/h5-15,19-20H,16-18H2,1-4H3. The molecule has 0 atom stereocenters. The SMILES string of the molecule is CC(C)OC(=O)C(C)(C)Oc1cccc(C2=CCN(C(=O)c3cccc4ccccc34)CC2)c1. The number of carbonyl (C=O) groups is 2. The van der Waals surface area contributed by atoms with Crippen LogP contribution in [0.1, 0.15) is 50.0 Å². The topological polar surface area (TPSA) is 55.8 Å². The molecule has 3 aromatic carbocycles. The fourth-order valence-electron chi connectivity index (χ4n) is 4.15. The fraction of sp³-hybridized carbons (Fsp3) is 0.310. The van der Waals surface area contributed by atoms with Gasteiger partial charge in [0.25, 0.3) is 5.91 Å². The highest BCUT2D eigenvalue weighted by Gasteiger charge is 2.32. The van der Waals surface area contributed by atoms with Gasteiger partial charge in [-0.1, -0.05) is 54.6 Å². The molecule has 0 spiro atoms. The number of carbonyl (C=O) groups excluding carboxylic acids is 2. The second-order valence-electron chi connectivity index (χ2n) is 9.35. The van der Waals surface area contributed by atoms with E-state index < -0.39 is 11.6 Å². The van der Waals surface area contributed by atoms with E-state index in [1.165, 1.54) is 0 Å². The molecule has 0 saturated carbocycles. The summed E-state index contributed by atoms with van der Waals surface area (Å²) in [7, 11) is 0. The molecule has 176 valence electrons. The summed E-state index contributed by atoms with van der Waals surface area (Å²) in [5.41, 5.74) is 1.84. The number of esters is 1. The van der Waals surface area contributed by atoms with E-state index in [1.54, 1.807) is 13.8 Å². The zero-order valence-electron chi connectivity index (χ0n) is 20.2. The lowest BCUT2D eigenvalue weighted by Crippen LogP contribution is -2.40. The summed E-state index contributed by atoms with van der Waals surface area (Å²) in [5, 5.41) is 2.05. The van der Waals surface area contributed by atoms with Crippen LogP contribution < -0.4 is 4.74 Å². The molecule has 1 aliphatic heterocycles. The average molecular weight is 458 g/mol. The van der Waals surface area contributed by atoms with Crippen LogP contribution in [0.15, 0.2) is 72.8 Å². The van der Waals surface area contributed by atoms with Gasteiger partial charge in [-0.15, -0.1) is 0 Å².